The van der Waals surface area contributed by atoms with Crippen molar-refractivity contribution in [2.24, 2.45) is 0 Å². The second kappa shape index (κ2) is 6.22. The van der Waals surface area contributed by atoms with E-state index < -0.39 is 0 Å². The fourth-order valence-electron chi connectivity index (χ4n) is 1.79. The Balaban J connectivity index is 1.89. The SMILES string of the molecule is CC(NOCc1ccccc1)c1ccc(O)cc1O. The maximum atomic E-state index is 9.72. The highest BCUT2D eigenvalue weighted by Gasteiger charge is 2.10. The number of hydroxylamine groups is 1. The first-order valence-electron chi connectivity index (χ1n) is 6.10. The Morgan fingerprint density at radius 1 is 1.11 bits per heavy atom. The topological polar surface area (TPSA) is 61.7 Å². The van der Waals surface area contributed by atoms with Gasteiger partial charge in [0.05, 0.1) is 12.6 Å². The molecule has 2 rings (SSSR count). The van der Waals surface area contributed by atoms with Crippen molar-refractivity contribution in [2.75, 3.05) is 0 Å². The zero-order valence-electron chi connectivity index (χ0n) is 10.7. The largest absolute Gasteiger partial charge is 0.508 e. The summed E-state index contributed by atoms with van der Waals surface area (Å²) >= 11 is 0. The smallest absolute Gasteiger partial charge is 0.124 e. The third kappa shape index (κ3) is 3.71. The first-order chi connectivity index (χ1) is 9.16. The number of hydrogen-bond donors (Lipinski definition) is 3. The van der Waals surface area contributed by atoms with E-state index in [1.165, 1.54) is 12.1 Å². The third-order valence-corrected chi connectivity index (χ3v) is 2.82. The van der Waals surface area contributed by atoms with Crippen LogP contribution in [0.25, 0.3) is 0 Å². The Kier molecular flexibility index (Phi) is 4.39. The van der Waals surface area contributed by atoms with E-state index in [1.807, 2.05) is 37.3 Å². The number of rotatable bonds is 5. The van der Waals surface area contributed by atoms with E-state index in [9.17, 15) is 10.2 Å². The zero-order chi connectivity index (χ0) is 13.7. The fourth-order valence-corrected chi connectivity index (χ4v) is 1.79. The summed E-state index contributed by atoms with van der Waals surface area (Å²) in [4.78, 5) is 5.40. The van der Waals surface area contributed by atoms with Crippen molar-refractivity contribution < 1.29 is 15.1 Å². The molecule has 4 nitrogen and oxygen atoms in total. The highest BCUT2D eigenvalue weighted by molar-refractivity contribution is 5.40. The molecule has 3 N–H and O–H groups in total. The normalized spacial score (nSPS) is 12.3. The van der Waals surface area contributed by atoms with Gasteiger partial charge in [0.15, 0.2) is 0 Å². The molecule has 19 heavy (non-hydrogen) atoms. The lowest BCUT2D eigenvalue weighted by atomic mass is 10.1. The predicted molar refractivity (Wildman–Crippen MR) is 72.6 cm³/mol. The van der Waals surface area contributed by atoms with Crippen molar-refractivity contribution in [1.82, 2.24) is 5.48 Å². The molecule has 0 radical (unpaired) electrons. The van der Waals surface area contributed by atoms with Crippen LogP contribution < -0.4 is 5.48 Å². The van der Waals surface area contributed by atoms with E-state index in [4.69, 9.17) is 4.84 Å². The summed E-state index contributed by atoms with van der Waals surface area (Å²) in [5, 5.41) is 19.0. The summed E-state index contributed by atoms with van der Waals surface area (Å²) in [6.07, 6.45) is 0. The van der Waals surface area contributed by atoms with Crippen molar-refractivity contribution in [2.45, 2.75) is 19.6 Å². The summed E-state index contributed by atoms with van der Waals surface area (Å²) in [7, 11) is 0. The molecule has 0 saturated heterocycles. The molecule has 0 aliphatic rings. The number of hydrogen-bond acceptors (Lipinski definition) is 4. The molecule has 0 heterocycles. The van der Waals surface area contributed by atoms with Crippen molar-refractivity contribution in [1.29, 1.82) is 0 Å². The van der Waals surface area contributed by atoms with Gasteiger partial charge < -0.3 is 10.2 Å². The van der Waals surface area contributed by atoms with Crippen LogP contribution in [0.2, 0.25) is 0 Å². The van der Waals surface area contributed by atoms with Crippen molar-refractivity contribution >= 4 is 0 Å². The number of nitrogens with one attached hydrogen (secondary N) is 1. The first-order valence-corrected chi connectivity index (χ1v) is 6.10. The molecule has 0 aliphatic carbocycles. The van der Waals surface area contributed by atoms with Crippen molar-refractivity contribution in [3.8, 4) is 11.5 Å². The van der Waals surface area contributed by atoms with Crippen LogP contribution in [0.15, 0.2) is 48.5 Å². The number of phenolic OH excluding ortho intramolecular Hbond substituents is 2. The van der Waals surface area contributed by atoms with Gasteiger partial charge in [0, 0.05) is 11.6 Å². The molecule has 4 heteroatoms. The van der Waals surface area contributed by atoms with E-state index in [1.54, 1.807) is 6.07 Å². The molecule has 0 saturated carbocycles. The van der Waals surface area contributed by atoms with Crippen molar-refractivity contribution in [3.05, 3.63) is 59.7 Å². The van der Waals surface area contributed by atoms with Gasteiger partial charge >= 0.3 is 0 Å². The second-order valence-corrected chi connectivity index (χ2v) is 4.36. The lowest BCUT2D eigenvalue weighted by Crippen LogP contribution is -2.19. The minimum Gasteiger partial charge on any atom is -0.508 e. The van der Waals surface area contributed by atoms with Gasteiger partial charge in [-0.05, 0) is 18.6 Å². The molecule has 1 atom stereocenters. The minimum absolute atomic E-state index is 0.0404. The lowest BCUT2D eigenvalue weighted by molar-refractivity contribution is 0.00653. The van der Waals surface area contributed by atoms with E-state index in [2.05, 4.69) is 5.48 Å². The molecule has 100 valence electrons. The summed E-state index contributed by atoms with van der Waals surface area (Å²) in [5.41, 5.74) is 4.60. The molecule has 2 aromatic rings. The van der Waals surface area contributed by atoms with Crippen LogP contribution in [0, 0.1) is 0 Å². The summed E-state index contributed by atoms with van der Waals surface area (Å²) in [5.74, 6) is 0.0852. The molecule has 2 aromatic carbocycles. The maximum Gasteiger partial charge on any atom is 0.124 e. The van der Waals surface area contributed by atoms with Crippen LogP contribution in [0.4, 0.5) is 0 Å². The zero-order valence-corrected chi connectivity index (χ0v) is 10.7. The number of benzene rings is 2. The Hall–Kier alpha value is -2.04. The minimum atomic E-state index is -0.177. The van der Waals surface area contributed by atoms with Crippen LogP contribution in [-0.4, -0.2) is 10.2 Å². The van der Waals surface area contributed by atoms with Gasteiger partial charge in [-0.3, -0.25) is 4.84 Å². The Morgan fingerprint density at radius 2 is 1.84 bits per heavy atom. The highest BCUT2D eigenvalue weighted by Crippen LogP contribution is 2.27. The number of phenols is 2. The van der Waals surface area contributed by atoms with Gasteiger partial charge in [-0.15, -0.1) is 0 Å². The molecule has 1 unspecified atom stereocenters. The molecule has 0 aliphatic heterocycles. The van der Waals surface area contributed by atoms with Crippen LogP contribution >= 0.6 is 0 Å². The van der Waals surface area contributed by atoms with E-state index in [0.717, 1.165) is 5.56 Å². The second-order valence-electron chi connectivity index (χ2n) is 4.36. The van der Waals surface area contributed by atoms with Gasteiger partial charge in [0.1, 0.15) is 11.5 Å². The van der Waals surface area contributed by atoms with Gasteiger partial charge in [-0.25, -0.2) is 0 Å². The predicted octanol–water partition coefficient (Wildman–Crippen LogP) is 2.88. The van der Waals surface area contributed by atoms with E-state index in [-0.39, 0.29) is 17.5 Å². The van der Waals surface area contributed by atoms with E-state index in [0.29, 0.717) is 12.2 Å². The monoisotopic (exact) mass is 259 g/mol. The third-order valence-electron chi connectivity index (χ3n) is 2.82. The van der Waals surface area contributed by atoms with Gasteiger partial charge in [0.2, 0.25) is 0 Å². The summed E-state index contributed by atoms with van der Waals surface area (Å²) in [6.45, 7) is 2.32. The van der Waals surface area contributed by atoms with Gasteiger partial charge in [-0.1, -0.05) is 36.4 Å². The van der Waals surface area contributed by atoms with Crippen LogP contribution in [0.3, 0.4) is 0 Å². The quantitative estimate of drug-likeness (QED) is 0.722. The first kappa shape index (κ1) is 13.4. The highest BCUT2D eigenvalue weighted by atomic mass is 16.6. The van der Waals surface area contributed by atoms with E-state index >= 15 is 0 Å². The Morgan fingerprint density at radius 3 is 2.53 bits per heavy atom. The summed E-state index contributed by atoms with van der Waals surface area (Å²) < 4.78 is 0. The number of aromatic hydroxyl groups is 2. The Labute approximate surface area is 112 Å². The van der Waals surface area contributed by atoms with Gasteiger partial charge in [-0.2, -0.15) is 5.48 Å². The maximum absolute atomic E-state index is 9.72. The molecule has 0 aromatic heterocycles. The molecule has 0 amide bonds. The molecule has 0 fully saturated rings. The van der Waals surface area contributed by atoms with Gasteiger partial charge in [0.25, 0.3) is 0 Å². The molecular formula is C15H17NO3. The lowest BCUT2D eigenvalue weighted by Gasteiger charge is -2.15. The Bertz CT molecular complexity index is 528. The van der Waals surface area contributed by atoms with Crippen LogP contribution in [-0.2, 0) is 11.4 Å². The average molecular weight is 259 g/mol. The standard InChI is InChI=1S/C15H17NO3/c1-11(14-8-7-13(17)9-15(14)18)16-19-10-12-5-3-2-4-6-12/h2-9,11,16-18H,10H2,1H3. The fraction of sp³-hybridized carbons (Fsp3) is 0.200. The van der Waals surface area contributed by atoms with Crippen LogP contribution in [0.1, 0.15) is 24.1 Å². The molecular weight excluding hydrogens is 242 g/mol. The average Bonchev–Trinajstić information content (AvgIpc) is 2.39. The molecule has 0 bridgehead atoms. The van der Waals surface area contributed by atoms with Crippen molar-refractivity contribution in [3.63, 3.8) is 0 Å². The molecule has 0 spiro atoms. The summed E-state index contributed by atoms with van der Waals surface area (Å²) in [6, 6.07) is 14.1. The van der Waals surface area contributed by atoms with Crippen LogP contribution in [0.5, 0.6) is 11.5 Å².